The van der Waals surface area contributed by atoms with Gasteiger partial charge in [0.15, 0.2) is 0 Å². The topological polar surface area (TPSA) is 12.0 Å². The molecule has 0 saturated heterocycles. The number of hydrogen-bond donors (Lipinski definition) is 1. The van der Waals surface area contributed by atoms with Gasteiger partial charge in [-0.2, -0.15) is 0 Å². The fourth-order valence-corrected chi connectivity index (χ4v) is 2.62. The maximum absolute atomic E-state index is 3.60. The number of rotatable bonds is 6. The molecule has 0 spiro atoms. The number of hydrogen-bond acceptors (Lipinski definition) is 1. The molecule has 1 N–H and O–H groups in total. The van der Waals surface area contributed by atoms with E-state index in [2.05, 4.69) is 81.5 Å². The summed E-state index contributed by atoms with van der Waals surface area (Å²) in [6.07, 6.45) is 1.16. The van der Waals surface area contributed by atoms with Crippen LogP contribution in [-0.4, -0.2) is 0 Å². The molecular weight excluding hydrogens is 254 g/mol. The molecular formula is C20H27N. The smallest absolute Gasteiger partial charge is 0.0294 e. The Hall–Kier alpha value is -1.60. The van der Waals surface area contributed by atoms with E-state index in [-0.39, 0.29) is 0 Å². The highest BCUT2D eigenvalue weighted by Gasteiger charge is 2.05. The third-order valence-corrected chi connectivity index (χ3v) is 3.82. The van der Waals surface area contributed by atoms with Gasteiger partial charge in [0, 0.05) is 12.6 Å². The van der Waals surface area contributed by atoms with Crippen molar-refractivity contribution < 1.29 is 0 Å². The van der Waals surface area contributed by atoms with E-state index in [0.29, 0.717) is 12.0 Å². The van der Waals surface area contributed by atoms with E-state index in [1.54, 1.807) is 0 Å². The third-order valence-electron chi connectivity index (χ3n) is 3.82. The van der Waals surface area contributed by atoms with Crippen LogP contribution in [0.15, 0.2) is 48.5 Å². The predicted octanol–water partition coefficient (Wildman–Crippen LogP) is 5.04. The van der Waals surface area contributed by atoms with Crippen molar-refractivity contribution in [3.05, 3.63) is 70.8 Å². The molecule has 112 valence electrons. The van der Waals surface area contributed by atoms with Crippen LogP contribution < -0.4 is 5.32 Å². The summed E-state index contributed by atoms with van der Waals surface area (Å²) >= 11 is 0. The molecule has 0 saturated carbocycles. The molecule has 2 aromatic rings. The fourth-order valence-electron chi connectivity index (χ4n) is 2.62. The van der Waals surface area contributed by atoms with E-state index < -0.39 is 0 Å². The van der Waals surface area contributed by atoms with E-state index in [1.807, 2.05) is 0 Å². The summed E-state index contributed by atoms with van der Waals surface area (Å²) in [5.41, 5.74) is 5.45. The van der Waals surface area contributed by atoms with Crippen molar-refractivity contribution in [2.45, 2.75) is 46.7 Å². The second kappa shape index (κ2) is 7.42. The maximum atomic E-state index is 3.60. The number of aryl methyl sites for hydroxylation is 1. The molecule has 2 rings (SSSR count). The first-order chi connectivity index (χ1) is 10.0. The summed E-state index contributed by atoms with van der Waals surface area (Å²) in [6.45, 7) is 9.81. The summed E-state index contributed by atoms with van der Waals surface area (Å²) in [5, 5.41) is 3.60. The highest BCUT2D eigenvalue weighted by Crippen LogP contribution is 2.16. The second-order valence-electron chi connectivity index (χ2n) is 6.43. The molecule has 0 amide bonds. The molecule has 1 nitrogen and oxygen atoms in total. The van der Waals surface area contributed by atoms with Crippen molar-refractivity contribution in [1.29, 1.82) is 0 Å². The molecule has 1 unspecified atom stereocenters. The van der Waals surface area contributed by atoms with Crippen LogP contribution in [-0.2, 0) is 13.0 Å². The molecule has 0 aliphatic carbocycles. The Morgan fingerprint density at radius 1 is 0.905 bits per heavy atom. The van der Waals surface area contributed by atoms with Crippen molar-refractivity contribution >= 4 is 0 Å². The van der Waals surface area contributed by atoms with E-state index >= 15 is 0 Å². The first kappa shape index (κ1) is 15.8. The number of benzene rings is 2. The molecule has 21 heavy (non-hydrogen) atoms. The van der Waals surface area contributed by atoms with Gasteiger partial charge < -0.3 is 5.32 Å². The molecule has 0 fully saturated rings. The fraction of sp³-hybridized carbons (Fsp3) is 0.400. The Morgan fingerprint density at radius 2 is 1.62 bits per heavy atom. The van der Waals surface area contributed by atoms with E-state index in [1.165, 1.54) is 22.3 Å². The Bertz CT molecular complexity index is 554. The minimum atomic E-state index is 0.374. The molecule has 0 aromatic heterocycles. The molecule has 2 aromatic carbocycles. The minimum Gasteiger partial charge on any atom is -0.306 e. The van der Waals surface area contributed by atoms with Gasteiger partial charge in [0.05, 0.1) is 0 Å². The summed E-state index contributed by atoms with van der Waals surface area (Å²) in [4.78, 5) is 0. The molecule has 1 heteroatoms. The van der Waals surface area contributed by atoms with Crippen LogP contribution in [0.3, 0.4) is 0 Å². The Morgan fingerprint density at radius 3 is 2.24 bits per heavy atom. The zero-order valence-electron chi connectivity index (χ0n) is 13.7. The molecule has 0 aliphatic heterocycles. The van der Waals surface area contributed by atoms with Crippen LogP contribution in [0.1, 0.15) is 49.1 Å². The van der Waals surface area contributed by atoms with Crippen molar-refractivity contribution in [2.24, 2.45) is 5.92 Å². The normalized spacial score (nSPS) is 12.6. The van der Waals surface area contributed by atoms with Crippen LogP contribution in [0.2, 0.25) is 0 Å². The second-order valence-corrected chi connectivity index (χ2v) is 6.43. The highest BCUT2D eigenvalue weighted by molar-refractivity contribution is 5.26. The van der Waals surface area contributed by atoms with Crippen molar-refractivity contribution in [2.75, 3.05) is 0 Å². The van der Waals surface area contributed by atoms with Gasteiger partial charge in [0.25, 0.3) is 0 Å². The van der Waals surface area contributed by atoms with E-state index in [0.717, 1.165) is 13.0 Å². The van der Waals surface area contributed by atoms with Gasteiger partial charge in [-0.15, -0.1) is 0 Å². The van der Waals surface area contributed by atoms with Crippen LogP contribution in [0.4, 0.5) is 0 Å². The third kappa shape index (κ3) is 5.02. The van der Waals surface area contributed by atoms with Gasteiger partial charge in [-0.1, -0.05) is 67.9 Å². The summed E-state index contributed by atoms with van der Waals surface area (Å²) in [6, 6.07) is 18.1. The maximum Gasteiger partial charge on any atom is 0.0294 e. The van der Waals surface area contributed by atoms with Gasteiger partial charge in [0.1, 0.15) is 0 Å². The molecule has 0 heterocycles. The van der Waals surface area contributed by atoms with Gasteiger partial charge in [-0.3, -0.25) is 0 Å². The summed E-state index contributed by atoms with van der Waals surface area (Å²) in [7, 11) is 0. The average Bonchev–Trinajstić information content (AvgIpc) is 2.45. The Kier molecular flexibility index (Phi) is 5.58. The lowest BCUT2D eigenvalue weighted by Gasteiger charge is -2.15. The van der Waals surface area contributed by atoms with Crippen LogP contribution in [0, 0.1) is 12.8 Å². The lowest BCUT2D eigenvalue weighted by Crippen LogP contribution is -2.18. The van der Waals surface area contributed by atoms with Crippen molar-refractivity contribution in [1.82, 2.24) is 5.32 Å². The van der Waals surface area contributed by atoms with E-state index in [4.69, 9.17) is 0 Å². The van der Waals surface area contributed by atoms with Gasteiger partial charge in [0.2, 0.25) is 0 Å². The lowest BCUT2D eigenvalue weighted by atomic mass is 10.00. The van der Waals surface area contributed by atoms with Gasteiger partial charge in [-0.05, 0) is 42.9 Å². The Labute approximate surface area is 129 Å². The van der Waals surface area contributed by atoms with Crippen LogP contribution >= 0.6 is 0 Å². The van der Waals surface area contributed by atoms with Gasteiger partial charge in [-0.25, -0.2) is 0 Å². The first-order valence-electron chi connectivity index (χ1n) is 7.92. The largest absolute Gasteiger partial charge is 0.306 e. The van der Waals surface area contributed by atoms with Crippen molar-refractivity contribution in [3.63, 3.8) is 0 Å². The highest BCUT2D eigenvalue weighted by atomic mass is 14.9. The van der Waals surface area contributed by atoms with E-state index in [9.17, 15) is 0 Å². The molecule has 0 aliphatic rings. The lowest BCUT2D eigenvalue weighted by molar-refractivity contribution is 0.574. The number of nitrogens with one attached hydrogen (secondary N) is 1. The molecule has 0 bridgehead atoms. The zero-order chi connectivity index (χ0) is 15.2. The molecule has 1 atom stereocenters. The summed E-state index contributed by atoms with van der Waals surface area (Å²) < 4.78 is 0. The summed E-state index contributed by atoms with van der Waals surface area (Å²) in [5.74, 6) is 0.715. The SMILES string of the molecule is Cc1cccc(CNC(C)c2ccc(CC(C)C)cc2)c1. The first-order valence-corrected chi connectivity index (χ1v) is 7.92. The zero-order valence-corrected chi connectivity index (χ0v) is 13.7. The minimum absolute atomic E-state index is 0.374. The predicted molar refractivity (Wildman–Crippen MR) is 91.4 cm³/mol. The Balaban J connectivity index is 1.92. The van der Waals surface area contributed by atoms with Crippen LogP contribution in [0.5, 0.6) is 0 Å². The average molecular weight is 281 g/mol. The monoisotopic (exact) mass is 281 g/mol. The van der Waals surface area contributed by atoms with Crippen LogP contribution in [0.25, 0.3) is 0 Å². The molecule has 0 radical (unpaired) electrons. The van der Waals surface area contributed by atoms with Gasteiger partial charge >= 0.3 is 0 Å². The van der Waals surface area contributed by atoms with Crippen molar-refractivity contribution in [3.8, 4) is 0 Å². The quantitative estimate of drug-likeness (QED) is 0.781. The standard InChI is InChI=1S/C20H27N/c1-15(2)12-18-8-10-20(11-9-18)17(4)21-14-19-7-5-6-16(3)13-19/h5-11,13,15,17,21H,12,14H2,1-4H3.